The van der Waals surface area contributed by atoms with E-state index in [1.54, 1.807) is 0 Å². The molecule has 7 heteroatoms. The number of piperazine rings is 1. The summed E-state index contributed by atoms with van der Waals surface area (Å²) in [4.78, 5) is 9.30. The molecule has 0 amide bonds. The molecular weight excluding hydrogens is 346 g/mol. The van der Waals surface area contributed by atoms with Crippen LogP contribution in [0.25, 0.3) is 22.4 Å². The van der Waals surface area contributed by atoms with Gasteiger partial charge < -0.3 is 14.3 Å². The molecule has 0 spiro atoms. The van der Waals surface area contributed by atoms with Crippen LogP contribution in [-0.4, -0.2) is 40.7 Å². The molecule has 0 aliphatic carbocycles. The van der Waals surface area contributed by atoms with Crippen LogP contribution in [0.2, 0.25) is 0 Å². The minimum Gasteiger partial charge on any atom is -0.354 e. The highest BCUT2D eigenvalue weighted by atomic mass is 32.1. The highest BCUT2D eigenvalue weighted by Gasteiger charge is 2.23. The standard InChI is InChI=1S/C19H17N5OS/c1-2-6-14(7-3-1)17-20-19(26-22-17)24-12-10-23(11-13-24)18-15-8-4-5-9-16(15)25-21-18/h1-9H,10-13H2. The van der Waals surface area contributed by atoms with Crippen molar-refractivity contribution in [2.45, 2.75) is 0 Å². The lowest BCUT2D eigenvalue weighted by atomic mass is 10.2. The Morgan fingerprint density at radius 3 is 2.42 bits per heavy atom. The molecule has 3 heterocycles. The summed E-state index contributed by atoms with van der Waals surface area (Å²) in [5.41, 5.74) is 1.89. The smallest absolute Gasteiger partial charge is 0.205 e. The molecule has 0 radical (unpaired) electrons. The van der Waals surface area contributed by atoms with Gasteiger partial charge in [0.1, 0.15) is 0 Å². The van der Waals surface area contributed by atoms with Gasteiger partial charge in [-0.2, -0.15) is 9.36 Å². The minimum atomic E-state index is 0.801. The van der Waals surface area contributed by atoms with Crippen molar-refractivity contribution >= 4 is 33.5 Å². The number of hydrogen-bond donors (Lipinski definition) is 0. The zero-order chi connectivity index (χ0) is 17.3. The summed E-state index contributed by atoms with van der Waals surface area (Å²) in [6.45, 7) is 3.56. The van der Waals surface area contributed by atoms with Crippen LogP contribution in [0.5, 0.6) is 0 Å². The zero-order valence-corrected chi connectivity index (χ0v) is 14.9. The third kappa shape index (κ3) is 2.70. The van der Waals surface area contributed by atoms with Crippen molar-refractivity contribution in [3.63, 3.8) is 0 Å². The summed E-state index contributed by atoms with van der Waals surface area (Å²) < 4.78 is 9.96. The van der Waals surface area contributed by atoms with E-state index in [1.165, 1.54) is 11.5 Å². The van der Waals surface area contributed by atoms with Crippen LogP contribution in [0.3, 0.4) is 0 Å². The summed E-state index contributed by atoms with van der Waals surface area (Å²) in [5.74, 6) is 1.73. The van der Waals surface area contributed by atoms with Crippen molar-refractivity contribution in [2.75, 3.05) is 36.0 Å². The third-order valence-corrected chi connectivity index (χ3v) is 5.43. The number of fused-ring (bicyclic) bond motifs is 1. The Hall–Kier alpha value is -2.93. The minimum absolute atomic E-state index is 0.801. The van der Waals surface area contributed by atoms with Gasteiger partial charge in [0.25, 0.3) is 0 Å². The first-order valence-corrected chi connectivity index (χ1v) is 9.39. The van der Waals surface area contributed by atoms with Crippen LogP contribution in [-0.2, 0) is 0 Å². The van der Waals surface area contributed by atoms with E-state index in [-0.39, 0.29) is 0 Å². The number of rotatable bonds is 3. The van der Waals surface area contributed by atoms with E-state index >= 15 is 0 Å². The molecule has 130 valence electrons. The second-order valence-corrected chi connectivity index (χ2v) is 6.97. The van der Waals surface area contributed by atoms with Crippen LogP contribution >= 0.6 is 11.5 Å². The Morgan fingerprint density at radius 2 is 1.58 bits per heavy atom. The predicted molar refractivity (Wildman–Crippen MR) is 104 cm³/mol. The van der Waals surface area contributed by atoms with Crippen molar-refractivity contribution in [2.24, 2.45) is 0 Å². The van der Waals surface area contributed by atoms with Crippen LogP contribution < -0.4 is 9.80 Å². The molecule has 1 aliphatic heterocycles. The van der Waals surface area contributed by atoms with Gasteiger partial charge in [0.15, 0.2) is 17.2 Å². The summed E-state index contributed by atoms with van der Waals surface area (Å²) >= 11 is 1.46. The molecule has 0 atom stereocenters. The quantitative estimate of drug-likeness (QED) is 0.553. The maximum absolute atomic E-state index is 5.44. The molecule has 6 nitrogen and oxygen atoms in total. The highest BCUT2D eigenvalue weighted by molar-refractivity contribution is 7.09. The number of benzene rings is 2. The van der Waals surface area contributed by atoms with Crippen LogP contribution in [0.15, 0.2) is 59.1 Å². The van der Waals surface area contributed by atoms with Crippen molar-refractivity contribution in [1.29, 1.82) is 0 Å². The SMILES string of the molecule is c1ccc(-c2nsc(N3CCN(c4noc5ccccc45)CC3)n2)cc1. The second-order valence-electron chi connectivity index (χ2n) is 6.24. The fourth-order valence-electron chi connectivity index (χ4n) is 3.26. The van der Waals surface area contributed by atoms with Crippen molar-refractivity contribution < 1.29 is 4.52 Å². The molecule has 0 bridgehead atoms. The Balaban J connectivity index is 1.31. The first kappa shape index (κ1) is 15.3. The average Bonchev–Trinajstić information content (AvgIpc) is 3.36. The molecule has 1 aliphatic rings. The van der Waals surface area contributed by atoms with Gasteiger partial charge >= 0.3 is 0 Å². The Kier molecular flexibility index (Phi) is 3.79. The van der Waals surface area contributed by atoms with E-state index in [0.29, 0.717) is 0 Å². The first-order chi connectivity index (χ1) is 12.9. The van der Waals surface area contributed by atoms with Gasteiger partial charge in [0.05, 0.1) is 5.39 Å². The van der Waals surface area contributed by atoms with Gasteiger partial charge in [0, 0.05) is 43.3 Å². The van der Waals surface area contributed by atoms with E-state index in [4.69, 9.17) is 9.51 Å². The van der Waals surface area contributed by atoms with Crippen molar-refractivity contribution in [3.05, 3.63) is 54.6 Å². The van der Waals surface area contributed by atoms with Crippen LogP contribution in [0, 0.1) is 0 Å². The fourth-order valence-corrected chi connectivity index (χ4v) is 4.00. The number of hydrogen-bond acceptors (Lipinski definition) is 7. The average molecular weight is 363 g/mol. The molecule has 0 N–H and O–H groups in total. The molecule has 1 saturated heterocycles. The lowest BCUT2D eigenvalue weighted by molar-refractivity contribution is 0.453. The summed E-state index contributed by atoms with van der Waals surface area (Å²) in [7, 11) is 0. The first-order valence-electron chi connectivity index (χ1n) is 8.62. The van der Waals surface area contributed by atoms with Gasteiger partial charge in [-0.1, -0.05) is 47.6 Å². The number of anilines is 2. The van der Waals surface area contributed by atoms with E-state index in [9.17, 15) is 0 Å². The molecule has 2 aromatic heterocycles. The van der Waals surface area contributed by atoms with Gasteiger partial charge in [-0.15, -0.1) is 0 Å². The molecule has 0 saturated carbocycles. The Bertz CT molecular complexity index is 1020. The van der Waals surface area contributed by atoms with E-state index in [0.717, 1.165) is 59.5 Å². The number of nitrogens with zero attached hydrogens (tertiary/aromatic N) is 5. The molecule has 5 rings (SSSR count). The lowest BCUT2D eigenvalue weighted by Gasteiger charge is -2.34. The van der Waals surface area contributed by atoms with Gasteiger partial charge in [-0.3, -0.25) is 0 Å². The Labute approximate surface area is 154 Å². The molecule has 26 heavy (non-hydrogen) atoms. The summed E-state index contributed by atoms with van der Waals surface area (Å²) in [5, 5.41) is 6.32. The maximum atomic E-state index is 5.44. The number of aromatic nitrogens is 3. The topological polar surface area (TPSA) is 58.3 Å². The normalized spacial score (nSPS) is 14.9. The largest absolute Gasteiger partial charge is 0.354 e. The summed E-state index contributed by atoms with van der Waals surface area (Å²) in [6, 6.07) is 18.1. The Morgan fingerprint density at radius 1 is 0.846 bits per heavy atom. The molecule has 0 unspecified atom stereocenters. The van der Waals surface area contributed by atoms with Gasteiger partial charge in [0.2, 0.25) is 5.13 Å². The van der Waals surface area contributed by atoms with Crippen LogP contribution in [0.4, 0.5) is 10.9 Å². The fraction of sp³-hybridized carbons (Fsp3) is 0.211. The van der Waals surface area contributed by atoms with Gasteiger partial charge in [-0.05, 0) is 12.1 Å². The van der Waals surface area contributed by atoms with Gasteiger partial charge in [-0.25, -0.2) is 0 Å². The molecule has 1 fully saturated rings. The lowest BCUT2D eigenvalue weighted by Crippen LogP contribution is -2.46. The monoisotopic (exact) mass is 363 g/mol. The van der Waals surface area contributed by atoms with Crippen LogP contribution in [0.1, 0.15) is 0 Å². The predicted octanol–water partition coefficient (Wildman–Crippen LogP) is 3.67. The molecular formula is C19H17N5OS. The van der Waals surface area contributed by atoms with E-state index in [1.807, 2.05) is 48.5 Å². The van der Waals surface area contributed by atoms with Crippen molar-refractivity contribution in [3.8, 4) is 11.4 Å². The van der Waals surface area contributed by atoms with E-state index in [2.05, 4.69) is 25.4 Å². The highest BCUT2D eigenvalue weighted by Crippen LogP contribution is 2.29. The summed E-state index contributed by atoms with van der Waals surface area (Å²) in [6.07, 6.45) is 0. The molecule has 2 aromatic carbocycles. The maximum Gasteiger partial charge on any atom is 0.205 e. The zero-order valence-electron chi connectivity index (χ0n) is 14.1. The second kappa shape index (κ2) is 6.42. The van der Waals surface area contributed by atoms with Crippen molar-refractivity contribution in [1.82, 2.24) is 14.5 Å². The molecule has 4 aromatic rings. The number of para-hydroxylation sites is 1. The van der Waals surface area contributed by atoms with E-state index < -0.39 is 0 Å². The third-order valence-electron chi connectivity index (χ3n) is 4.66.